The van der Waals surface area contributed by atoms with Crippen LogP contribution in [-0.4, -0.2) is 139 Å². The third-order valence-corrected chi connectivity index (χ3v) is 8.97. The van der Waals surface area contributed by atoms with Gasteiger partial charge in [-0.2, -0.15) is 0 Å². The fourth-order valence-corrected chi connectivity index (χ4v) is 6.00. The van der Waals surface area contributed by atoms with Gasteiger partial charge in [0.05, 0.1) is 24.2 Å². The molecule has 0 aliphatic carbocycles. The predicted molar refractivity (Wildman–Crippen MR) is 199 cm³/mol. The molecule has 4 rings (SSSR count). The molecule has 2 unspecified atom stereocenters. The van der Waals surface area contributed by atoms with Gasteiger partial charge in [0.2, 0.25) is 11.8 Å². The quantitative estimate of drug-likeness (QED) is 0.205. The number of likely N-dealkylation sites (N-methyl/N-ethyl adjacent to an activating group) is 2. The monoisotopic (exact) mass is 746 g/mol. The highest BCUT2D eigenvalue weighted by Gasteiger charge is 2.47. The second-order valence-electron chi connectivity index (χ2n) is 13.0. The van der Waals surface area contributed by atoms with Crippen molar-refractivity contribution in [2.75, 3.05) is 79.1 Å². The summed E-state index contributed by atoms with van der Waals surface area (Å²) in [7, 11) is 10.9. The second kappa shape index (κ2) is 16.7. The maximum Gasteiger partial charge on any atom is 0.420 e. The summed E-state index contributed by atoms with van der Waals surface area (Å²) >= 11 is 11.5. The highest BCUT2D eigenvalue weighted by Crippen LogP contribution is 2.36. The van der Waals surface area contributed by atoms with Crippen LogP contribution in [0.3, 0.4) is 0 Å². The fraction of sp³-hybridized carbons (Fsp3) is 0.471. The number of thiocarbonyl (C=S) groups is 2. The molecule has 0 aromatic heterocycles. The van der Waals surface area contributed by atoms with Crippen LogP contribution < -0.4 is 20.1 Å². The van der Waals surface area contributed by atoms with Crippen molar-refractivity contribution < 1.29 is 43.6 Å². The molecule has 2 aromatic carbocycles. The minimum Gasteiger partial charge on any atom is -0.450 e. The summed E-state index contributed by atoms with van der Waals surface area (Å²) in [6.45, 7) is 3.64. The van der Waals surface area contributed by atoms with Gasteiger partial charge in [0.1, 0.15) is 21.5 Å². The first-order valence-corrected chi connectivity index (χ1v) is 16.7. The van der Waals surface area contributed by atoms with Crippen molar-refractivity contribution in [3.8, 4) is 11.5 Å². The molecule has 2 atom stereocenters. The largest absolute Gasteiger partial charge is 0.450 e. The van der Waals surface area contributed by atoms with Gasteiger partial charge in [0.25, 0.3) is 11.6 Å². The Morgan fingerprint density at radius 3 is 1.39 bits per heavy atom. The fourth-order valence-electron chi connectivity index (χ4n) is 5.55. The molecule has 2 aliphatic rings. The minimum atomic E-state index is -1.66. The normalized spacial score (nSPS) is 19.7. The Labute approximate surface area is 308 Å². The smallest absolute Gasteiger partial charge is 0.420 e. The lowest BCUT2D eigenvalue weighted by Crippen LogP contribution is -2.54. The van der Waals surface area contributed by atoms with E-state index in [1.807, 2.05) is 38.0 Å². The van der Waals surface area contributed by atoms with Crippen molar-refractivity contribution in [3.63, 3.8) is 0 Å². The number of ether oxygens (including phenoxy) is 4. The summed E-state index contributed by atoms with van der Waals surface area (Å²) in [5.74, 6) is -5.77. The van der Waals surface area contributed by atoms with E-state index >= 15 is 0 Å². The number of hydrogen-bond donors (Lipinski definition) is 2. The van der Waals surface area contributed by atoms with Gasteiger partial charge in [0, 0.05) is 65.2 Å². The highest BCUT2D eigenvalue weighted by atomic mass is 32.1. The number of fused-ring (bicyclic) bond motifs is 2. The molecule has 0 saturated carbocycles. The van der Waals surface area contributed by atoms with Crippen LogP contribution in [0.15, 0.2) is 36.4 Å². The Kier molecular flexibility index (Phi) is 13.5. The van der Waals surface area contributed by atoms with Gasteiger partial charge < -0.3 is 54.7 Å². The lowest BCUT2D eigenvalue weighted by Gasteiger charge is -2.37. The predicted octanol–water partition coefficient (Wildman–Crippen LogP) is 1.86. The topological polar surface area (TPSA) is 174 Å². The summed E-state index contributed by atoms with van der Waals surface area (Å²) in [4.78, 5) is 59.0. The summed E-state index contributed by atoms with van der Waals surface area (Å²) in [5, 5.41) is 5.47. The van der Waals surface area contributed by atoms with E-state index in [0.717, 1.165) is 0 Å². The molecular weight excluding hydrogens is 701 g/mol. The van der Waals surface area contributed by atoms with Gasteiger partial charge in [-0.25, -0.2) is 9.59 Å². The van der Waals surface area contributed by atoms with E-state index in [4.69, 9.17) is 43.4 Å². The van der Waals surface area contributed by atoms with Crippen molar-refractivity contribution in [2.24, 2.45) is 0 Å². The molecule has 2 aliphatic heterocycles. The number of nitrogens with one attached hydrogen (secondary N) is 2. The van der Waals surface area contributed by atoms with Crippen LogP contribution in [0.5, 0.6) is 11.5 Å². The third-order valence-electron chi connectivity index (χ3n) is 7.91. The van der Waals surface area contributed by atoms with Crippen molar-refractivity contribution in [1.29, 1.82) is 0 Å². The van der Waals surface area contributed by atoms with Crippen LogP contribution in [0.2, 0.25) is 0 Å². The molecule has 17 heteroatoms. The van der Waals surface area contributed by atoms with Crippen LogP contribution in [0, 0.1) is 0 Å². The first kappa shape index (κ1) is 41.0. The standard InChI is InChI=1S/C34H44N6O8S2.H2O/c1-21(41)35-23-9-11-27-25(17-23)29(49)39(7)19-33(45-27,13-15-37(3)4)47-31(43)32(44)48-34(14-16-38(5)6)20-40(8)30(50)26-18-24(36-22(2)42)10-12-28(26)46-34;/h9-12,17-18H,13-16,19-20H2,1-8H3,(H,35,41)(H,36,42);1H2. The number of carbonyl (C=O) groups is 4. The zero-order chi connectivity index (χ0) is 37.0. The number of rotatable bonds is 10. The SMILES string of the molecule is CC(=O)Nc1ccc2c(c1)C(=S)N(C)CC(CCN(C)C)(OC(=O)C(=O)OC1(CCN(C)C)CN(C)C(=S)c3cc(NC(C)=O)ccc3O1)O2.O. The van der Waals surface area contributed by atoms with Gasteiger partial charge in [0.15, 0.2) is 0 Å². The average molecular weight is 747 g/mol. The van der Waals surface area contributed by atoms with E-state index in [1.54, 1.807) is 60.3 Å². The van der Waals surface area contributed by atoms with E-state index in [2.05, 4.69) is 10.6 Å². The van der Waals surface area contributed by atoms with E-state index in [-0.39, 0.29) is 43.2 Å². The number of hydrogen-bond acceptors (Lipinski definition) is 12. The Morgan fingerprint density at radius 1 is 0.725 bits per heavy atom. The number of benzene rings is 2. The summed E-state index contributed by atoms with van der Waals surface area (Å²) in [5.41, 5.74) is 2.04. The number of anilines is 2. The van der Waals surface area contributed by atoms with E-state index in [0.29, 0.717) is 57.1 Å². The van der Waals surface area contributed by atoms with Gasteiger partial charge in [-0.3, -0.25) is 9.59 Å². The Hall–Kier alpha value is -4.42. The van der Waals surface area contributed by atoms with Crippen molar-refractivity contribution in [2.45, 2.75) is 38.3 Å². The molecule has 0 spiro atoms. The first-order valence-electron chi connectivity index (χ1n) is 15.9. The zero-order valence-electron chi connectivity index (χ0n) is 30.1. The molecule has 278 valence electrons. The van der Waals surface area contributed by atoms with E-state index < -0.39 is 23.5 Å². The van der Waals surface area contributed by atoms with Crippen LogP contribution in [0.1, 0.15) is 37.8 Å². The lowest BCUT2D eigenvalue weighted by molar-refractivity contribution is -0.227. The van der Waals surface area contributed by atoms with Crippen molar-refractivity contribution in [3.05, 3.63) is 47.5 Å². The van der Waals surface area contributed by atoms with E-state index in [9.17, 15) is 19.2 Å². The maximum atomic E-state index is 13.8. The average Bonchev–Trinajstić information content (AvgIpc) is 3.19. The Morgan fingerprint density at radius 2 is 1.08 bits per heavy atom. The molecular formula is C34H46N6O9S2. The van der Waals surface area contributed by atoms with Crippen LogP contribution in [0.25, 0.3) is 0 Å². The minimum absolute atomic E-state index is 0. The Balaban J connectivity index is 0.00000702. The molecule has 2 aromatic rings. The number of carbonyl (C=O) groups excluding carboxylic acids is 4. The maximum absolute atomic E-state index is 13.8. The van der Waals surface area contributed by atoms with Gasteiger partial charge in [-0.1, -0.05) is 24.4 Å². The molecule has 0 saturated heterocycles. The highest BCUT2D eigenvalue weighted by molar-refractivity contribution is 7.81. The molecule has 2 amide bonds. The number of nitrogens with zero attached hydrogens (tertiary/aromatic N) is 4. The molecule has 51 heavy (non-hydrogen) atoms. The van der Waals surface area contributed by atoms with Crippen LogP contribution in [0.4, 0.5) is 11.4 Å². The number of esters is 2. The third kappa shape index (κ3) is 10.3. The molecule has 0 radical (unpaired) electrons. The lowest BCUT2D eigenvalue weighted by atomic mass is 10.1. The zero-order valence-corrected chi connectivity index (χ0v) is 31.7. The van der Waals surface area contributed by atoms with Crippen molar-refractivity contribution >= 4 is 69.5 Å². The molecule has 4 N–H and O–H groups in total. The summed E-state index contributed by atoms with van der Waals surface area (Å²) in [6.07, 6.45) is 0.338. The molecule has 2 heterocycles. The molecule has 0 fully saturated rings. The summed E-state index contributed by atoms with van der Waals surface area (Å²) in [6, 6.07) is 9.93. The van der Waals surface area contributed by atoms with Crippen molar-refractivity contribution in [1.82, 2.24) is 19.6 Å². The van der Waals surface area contributed by atoms with Gasteiger partial charge in [-0.05, 0) is 64.6 Å². The van der Waals surface area contributed by atoms with E-state index in [1.165, 1.54) is 13.8 Å². The Bertz CT molecular complexity index is 1570. The van der Waals surface area contributed by atoms with Gasteiger partial charge >= 0.3 is 11.9 Å². The van der Waals surface area contributed by atoms with Crippen LogP contribution in [-0.2, 0) is 28.7 Å². The molecule has 0 bridgehead atoms. The molecule has 15 nitrogen and oxygen atoms in total. The number of amides is 2. The first-order chi connectivity index (χ1) is 23.4. The van der Waals surface area contributed by atoms with Gasteiger partial charge in [-0.15, -0.1) is 0 Å². The van der Waals surface area contributed by atoms with Crippen LogP contribution >= 0.6 is 24.4 Å². The second-order valence-corrected chi connectivity index (χ2v) is 13.8. The summed E-state index contributed by atoms with van der Waals surface area (Å²) < 4.78 is 24.8.